The van der Waals surface area contributed by atoms with Gasteiger partial charge >= 0.3 is 0 Å². The van der Waals surface area contributed by atoms with E-state index >= 15 is 0 Å². The SMILES string of the molecule is COc1cc2c(cc1OC)CN(C(=O)CCC(C)C)CC2. The first-order chi connectivity index (χ1) is 10.0. The standard InChI is InChI=1S/C17H25NO3/c1-12(2)5-6-17(19)18-8-7-13-9-15(20-3)16(21-4)10-14(13)11-18/h9-10,12H,5-8,11H2,1-4H3. The molecule has 1 aliphatic rings. The maximum absolute atomic E-state index is 12.3. The van der Waals surface area contributed by atoms with Gasteiger partial charge in [0.05, 0.1) is 14.2 Å². The normalized spacial score (nSPS) is 14.0. The summed E-state index contributed by atoms with van der Waals surface area (Å²) in [6.07, 6.45) is 2.47. The molecular weight excluding hydrogens is 266 g/mol. The van der Waals surface area contributed by atoms with Crippen molar-refractivity contribution >= 4 is 5.91 Å². The van der Waals surface area contributed by atoms with Crippen LogP contribution in [-0.4, -0.2) is 31.6 Å². The molecule has 0 saturated heterocycles. The molecule has 0 fully saturated rings. The molecule has 4 heteroatoms. The number of nitrogens with zero attached hydrogens (tertiary/aromatic N) is 1. The molecule has 21 heavy (non-hydrogen) atoms. The fourth-order valence-corrected chi connectivity index (χ4v) is 2.67. The monoisotopic (exact) mass is 291 g/mol. The summed E-state index contributed by atoms with van der Waals surface area (Å²) in [6, 6.07) is 4.03. The minimum Gasteiger partial charge on any atom is -0.493 e. The van der Waals surface area contributed by atoms with Gasteiger partial charge in [-0.05, 0) is 42.0 Å². The second-order valence-corrected chi connectivity index (χ2v) is 5.97. The molecule has 0 N–H and O–H groups in total. The van der Waals surface area contributed by atoms with Crippen LogP contribution in [0.15, 0.2) is 12.1 Å². The van der Waals surface area contributed by atoms with Crippen LogP contribution in [0.25, 0.3) is 0 Å². The molecule has 0 aliphatic carbocycles. The van der Waals surface area contributed by atoms with Gasteiger partial charge in [-0.2, -0.15) is 0 Å². The lowest BCUT2D eigenvalue weighted by Crippen LogP contribution is -2.36. The van der Waals surface area contributed by atoms with Gasteiger partial charge in [0, 0.05) is 19.5 Å². The Morgan fingerprint density at radius 3 is 2.38 bits per heavy atom. The largest absolute Gasteiger partial charge is 0.493 e. The Balaban J connectivity index is 2.11. The smallest absolute Gasteiger partial charge is 0.222 e. The van der Waals surface area contributed by atoms with Gasteiger partial charge in [0.2, 0.25) is 5.91 Å². The van der Waals surface area contributed by atoms with E-state index in [4.69, 9.17) is 9.47 Å². The van der Waals surface area contributed by atoms with Crippen LogP contribution in [0.2, 0.25) is 0 Å². The molecule has 1 amide bonds. The molecule has 0 aromatic heterocycles. The highest BCUT2D eigenvalue weighted by atomic mass is 16.5. The van der Waals surface area contributed by atoms with Crippen molar-refractivity contribution in [3.8, 4) is 11.5 Å². The first-order valence-electron chi connectivity index (χ1n) is 7.56. The molecule has 0 spiro atoms. The summed E-state index contributed by atoms with van der Waals surface area (Å²) in [6.45, 7) is 5.76. The maximum atomic E-state index is 12.3. The number of amides is 1. The third-order valence-corrected chi connectivity index (χ3v) is 4.01. The summed E-state index contributed by atoms with van der Waals surface area (Å²) in [4.78, 5) is 14.2. The van der Waals surface area contributed by atoms with Crippen LogP contribution in [0, 0.1) is 5.92 Å². The predicted molar refractivity (Wildman–Crippen MR) is 82.7 cm³/mol. The van der Waals surface area contributed by atoms with Crippen LogP contribution in [0.5, 0.6) is 11.5 Å². The summed E-state index contributed by atoms with van der Waals surface area (Å²) in [5.74, 6) is 2.31. The molecule has 2 rings (SSSR count). The molecule has 116 valence electrons. The van der Waals surface area contributed by atoms with Gasteiger partial charge in [0.15, 0.2) is 11.5 Å². The molecule has 1 aliphatic heterocycles. The molecule has 1 heterocycles. The van der Waals surface area contributed by atoms with Crippen LogP contribution in [-0.2, 0) is 17.8 Å². The summed E-state index contributed by atoms with van der Waals surface area (Å²) in [7, 11) is 3.29. The van der Waals surface area contributed by atoms with Gasteiger partial charge < -0.3 is 14.4 Å². The van der Waals surface area contributed by atoms with Crippen LogP contribution >= 0.6 is 0 Å². The zero-order chi connectivity index (χ0) is 15.4. The van der Waals surface area contributed by atoms with Crippen LogP contribution in [0.3, 0.4) is 0 Å². The van der Waals surface area contributed by atoms with Crippen molar-refractivity contribution in [2.45, 2.75) is 39.7 Å². The number of benzene rings is 1. The highest BCUT2D eigenvalue weighted by Crippen LogP contribution is 2.33. The minimum absolute atomic E-state index is 0.254. The predicted octanol–water partition coefficient (Wildman–Crippen LogP) is 3.02. The topological polar surface area (TPSA) is 38.8 Å². The van der Waals surface area contributed by atoms with Gasteiger partial charge in [-0.25, -0.2) is 0 Å². The zero-order valence-electron chi connectivity index (χ0n) is 13.4. The van der Waals surface area contributed by atoms with Crippen molar-refractivity contribution in [1.82, 2.24) is 4.90 Å². The number of carbonyl (C=O) groups is 1. The van der Waals surface area contributed by atoms with Gasteiger partial charge in [-0.1, -0.05) is 13.8 Å². The quantitative estimate of drug-likeness (QED) is 0.837. The average molecular weight is 291 g/mol. The van der Waals surface area contributed by atoms with Crippen molar-refractivity contribution in [2.24, 2.45) is 5.92 Å². The minimum atomic E-state index is 0.254. The van der Waals surface area contributed by atoms with Crippen LogP contribution in [0.1, 0.15) is 37.8 Å². The maximum Gasteiger partial charge on any atom is 0.222 e. The van der Waals surface area contributed by atoms with Crippen LogP contribution in [0.4, 0.5) is 0 Å². The van der Waals surface area contributed by atoms with E-state index in [1.165, 1.54) is 5.56 Å². The first kappa shape index (κ1) is 15.7. The van der Waals surface area contributed by atoms with Crippen molar-refractivity contribution in [3.05, 3.63) is 23.3 Å². The lowest BCUT2D eigenvalue weighted by Gasteiger charge is -2.30. The fourth-order valence-electron chi connectivity index (χ4n) is 2.67. The summed E-state index contributed by atoms with van der Waals surface area (Å²) in [5.41, 5.74) is 2.41. The van der Waals surface area contributed by atoms with E-state index in [1.54, 1.807) is 14.2 Å². The van der Waals surface area contributed by atoms with Crippen molar-refractivity contribution in [2.75, 3.05) is 20.8 Å². The Kier molecular flexibility index (Phi) is 5.10. The zero-order valence-corrected chi connectivity index (χ0v) is 13.4. The van der Waals surface area contributed by atoms with E-state index in [-0.39, 0.29) is 5.91 Å². The lowest BCUT2D eigenvalue weighted by atomic mass is 9.98. The molecule has 1 aromatic rings. The Labute approximate surface area is 127 Å². The third-order valence-electron chi connectivity index (χ3n) is 4.01. The average Bonchev–Trinajstić information content (AvgIpc) is 2.50. The van der Waals surface area contributed by atoms with Crippen molar-refractivity contribution < 1.29 is 14.3 Å². The highest BCUT2D eigenvalue weighted by Gasteiger charge is 2.22. The number of rotatable bonds is 5. The lowest BCUT2D eigenvalue weighted by molar-refractivity contribution is -0.132. The molecular formula is C17H25NO3. The Bertz CT molecular complexity index is 511. The molecule has 0 unspecified atom stereocenters. The van der Waals surface area contributed by atoms with Crippen molar-refractivity contribution in [3.63, 3.8) is 0 Å². The molecule has 0 saturated carbocycles. The second kappa shape index (κ2) is 6.83. The van der Waals surface area contributed by atoms with Gasteiger partial charge in [0.1, 0.15) is 0 Å². The Morgan fingerprint density at radius 2 is 1.81 bits per heavy atom. The Morgan fingerprint density at radius 1 is 1.19 bits per heavy atom. The van der Waals surface area contributed by atoms with E-state index in [0.29, 0.717) is 18.9 Å². The fraction of sp³-hybridized carbons (Fsp3) is 0.588. The van der Waals surface area contributed by atoms with E-state index < -0.39 is 0 Å². The second-order valence-electron chi connectivity index (χ2n) is 5.97. The third kappa shape index (κ3) is 3.69. The molecule has 4 nitrogen and oxygen atoms in total. The van der Waals surface area contributed by atoms with Gasteiger partial charge in [-0.3, -0.25) is 4.79 Å². The number of hydrogen-bond acceptors (Lipinski definition) is 3. The van der Waals surface area contributed by atoms with E-state index in [0.717, 1.165) is 36.4 Å². The Hall–Kier alpha value is -1.71. The molecule has 0 atom stereocenters. The van der Waals surface area contributed by atoms with E-state index in [9.17, 15) is 4.79 Å². The molecule has 0 radical (unpaired) electrons. The first-order valence-corrected chi connectivity index (χ1v) is 7.56. The highest BCUT2D eigenvalue weighted by molar-refractivity contribution is 5.76. The number of methoxy groups -OCH3 is 2. The number of carbonyl (C=O) groups excluding carboxylic acids is 1. The number of fused-ring (bicyclic) bond motifs is 1. The van der Waals surface area contributed by atoms with Gasteiger partial charge in [-0.15, -0.1) is 0 Å². The van der Waals surface area contributed by atoms with Gasteiger partial charge in [0.25, 0.3) is 0 Å². The summed E-state index contributed by atoms with van der Waals surface area (Å²) in [5, 5.41) is 0. The van der Waals surface area contributed by atoms with E-state index in [2.05, 4.69) is 13.8 Å². The summed E-state index contributed by atoms with van der Waals surface area (Å²) < 4.78 is 10.7. The van der Waals surface area contributed by atoms with Crippen molar-refractivity contribution in [1.29, 1.82) is 0 Å². The van der Waals surface area contributed by atoms with Crippen LogP contribution < -0.4 is 9.47 Å². The molecule has 0 bridgehead atoms. The van der Waals surface area contributed by atoms with E-state index in [1.807, 2.05) is 17.0 Å². The summed E-state index contributed by atoms with van der Waals surface area (Å²) >= 11 is 0. The number of hydrogen-bond donors (Lipinski definition) is 0. The number of ether oxygens (including phenoxy) is 2. The molecule has 1 aromatic carbocycles.